The number of likely N-dealkylation sites (tertiary alicyclic amines) is 1. The van der Waals surface area contributed by atoms with E-state index in [1.165, 1.54) is 12.1 Å². The largest absolute Gasteiger partial charge is 0.459 e. The second kappa shape index (κ2) is 10.4. The van der Waals surface area contributed by atoms with Crippen molar-refractivity contribution in [2.45, 2.75) is 57.6 Å². The summed E-state index contributed by atoms with van der Waals surface area (Å²) in [5, 5.41) is 0. The van der Waals surface area contributed by atoms with Crippen molar-refractivity contribution < 1.29 is 26.9 Å². The SMILES string of the molecule is C[C@H](c1ccccc1)N1C[C@@](C)(C(=O)OC(C)(C)C)C(CCOS(=O)(=O)c2ccc(Br)cc2)C1=O. The molecule has 1 unspecified atom stereocenters. The van der Waals surface area contributed by atoms with E-state index in [-0.39, 0.29) is 36.4 Å². The summed E-state index contributed by atoms with van der Waals surface area (Å²) < 4.78 is 36.9. The van der Waals surface area contributed by atoms with E-state index in [9.17, 15) is 18.0 Å². The van der Waals surface area contributed by atoms with Gasteiger partial charge in [0, 0.05) is 11.0 Å². The molecule has 0 radical (unpaired) electrons. The lowest BCUT2D eigenvalue weighted by molar-refractivity contribution is -0.169. The molecule has 1 amide bonds. The number of rotatable bonds is 8. The molecule has 190 valence electrons. The predicted octanol–water partition coefficient (Wildman–Crippen LogP) is 5.11. The molecule has 0 spiro atoms. The fourth-order valence-electron chi connectivity index (χ4n) is 4.24. The second-order valence-electron chi connectivity index (χ2n) is 10.0. The van der Waals surface area contributed by atoms with Crippen LogP contribution in [0.2, 0.25) is 0 Å². The zero-order chi connectivity index (χ0) is 26.0. The molecule has 1 heterocycles. The molecule has 0 saturated carbocycles. The van der Waals surface area contributed by atoms with Crippen LogP contribution in [-0.4, -0.2) is 43.9 Å². The molecule has 3 rings (SSSR count). The first-order valence-electron chi connectivity index (χ1n) is 11.5. The van der Waals surface area contributed by atoms with Crippen molar-refractivity contribution in [2.75, 3.05) is 13.2 Å². The number of benzene rings is 2. The molecular formula is C26H32BrNO6S. The van der Waals surface area contributed by atoms with Crippen LogP contribution in [-0.2, 0) is 28.6 Å². The molecule has 0 aliphatic carbocycles. The van der Waals surface area contributed by atoms with Gasteiger partial charge in [0.2, 0.25) is 5.91 Å². The van der Waals surface area contributed by atoms with Crippen LogP contribution in [0.15, 0.2) is 64.0 Å². The van der Waals surface area contributed by atoms with Gasteiger partial charge < -0.3 is 9.64 Å². The van der Waals surface area contributed by atoms with E-state index in [1.807, 2.05) is 37.3 Å². The molecule has 1 aliphatic rings. The van der Waals surface area contributed by atoms with Gasteiger partial charge in [0.05, 0.1) is 28.9 Å². The van der Waals surface area contributed by atoms with Crippen molar-refractivity contribution in [3.63, 3.8) is 0 Å². The number of nitrogens with zero attached hydrogens (tertiary/aromatic N) is 1. The number of hydrogen-bond acceptors (Lipinski definition) is 6. The summed E-state index contributed by atoms with van der Waals surface area (Å²) in [6.45, 7) is 8.89. The Morgan fingerprint density at radius 2 is 1.74 bits per heavy atom. The number of carbonyl (C=O) groups excluding carboxylic acids is 2. The third kappa shape index (κ3) is 6.32. The maximum atomic E-state index is 13.6. The van der Waals surface area contributed by atoms with Gasteiger partial charge >= 0.3 is 5.97 Å². The monoisotopic (exact) mass is 565 g/mol. The average Bonchev–Trinajstić information content (AvgIpc) is 3.04. The predicted molar refractivity (Wildman–Crippen MR) is 136 cm³/mol. The number of esters is 1. The smallest absolute Gasteiger partial charge is 0.314 e. The summed E-state index contributed by atoms with van der Waals surface area (Å²) >= 11 is 3.28. The van der Waals surface area contributed by atoms with E-state index in [1.54, 1.807) is 44.7 Å². The van der Waals surface area contributed by atoms with E-state index in [0.717, 1.165) is 10.0 Å². The van der Waals surface area contributed by atoms with Crippen LogP contribution in [0.3, 0.4) is 0 Å². The van der Waals surface area contributed by atoms with Crippen molar-refractivity contribution >= 4 is 37.9 Å². The number of amides is 1. The van der Waals surface area contributed by atoms with Gasteiger partial charge in [-0.3, -0.25) is 13.8 Å². The molecule has 9 heteroatoms. The van der Waals surface area contributed by atoms with E-state index in [4.69, 9.17) is 8.92 Å². The van der Waals surface area contributed by atoms with Gasteiger partial charge in [-0.25, -0.2) is 0 Å². The minimum absolute atomic E-state index is 0.0210. The van der Waals surface area contributed by atoms with Gasteiger partial charge in [0.15, 0.2) is 0 Å². The number of hydrogen-bond donors (Lipinski definition) is 0. The number of ether oxygens (including phenoxy) is 1. The Morgan fingerprint density at radius 3 is 2.31 bits per heavy atom. The molecule has 7 nitrogen and oxygen atoms in total. The maximum absolute atomic E-state index is 13.6. The lowest BCUT2D eigenvalue weighted by Crippen LogP contribution is -2.42. The molecule has 35 heavy (non-hydrogen) atoms. The summed E-state index contributed by atoms with van der Waals surface area (Å²) in [7, 11) is -4.01. The highest BCUT2D eigenvalue weighted by molar-refractivity contribution is 9.10. The van der Waals surface area contributed by atoms with Crippen LogP contribution in [0.1, 0.15) is 52.6 Å². The van der Waals surface area contributed by atoms with Crippen molar-refractivity contribution in [1.82, 2.24) is 4.90 Å². The third-order valence-electron chi connectivity index (χ3n) is 6.21. The molecular weight excluding hydrogens is 534 g/mol. The summed E-state index contributed by atoms with van der Waals surface area (Å²) in [4.78, 5) is 28.6. The Bertz CT molecular complexity index is 1160. The van der Waals surface area contributed by atoms with E-state index < -0.39 is 33.0 Å². The first kappa shape index (κ1) is 27.4. The Kier molecular flexibility index (Phi) is 8.13. The van der Waals surface area contributed by atoms with Crippen molar-refractivity contribution in [3.05, 3.63) is 64.6 Å². The quantitative estimate of drug-likeness (QED) is 0.326. The zero-order valence-electron chi connectivity index (χ0n) is 20.7. The Labute approximate surface area is 216 Å². The highest BCUT2D eigenvalue weighted by Gasteiger charge is 2.56. The highest BCUT2D eigenvalue weighted by atomic mass is 79.9. The number of halogens is 1. The Hall–Kier alpha value is -2.23. The topological polar surface area (TPSA) is 90.0 Å². The first-order valence-corrected chi connectivity index (χ1v) is 13.7. The molecule has 2 aromatic carbocycles. The maximum Gasteiger partial charge on any atom is 0.314 e. The van der Waals surface area contributed by atoms with E-state index in [2.05, 4.69) is 15.9 Å². The standard InChI is InChI=1S/C26H32BrNO6S/c1-18(19-9-7-6-8-10-19)28-17-26(5,24(30)34-25(2,3)4)22(23(28)29)15-16-33-35(31,32)21-13-11-20(27)12-14-21/h6-14,18,22H,15-17H2,1-5H3/t18-,22?,26-/m1/s1. The Balaban J connectivity index is 1.83. The summed E-state index contributed by atoms with van der Waals surface area (Å²) in [6.07, 6.45) is 0.0579. The van der Waals surface area contributed by atoms with Crippen molar-refractivity contribution in [3.8, 4) is 0 Å². The number of carbonyl (C=O) groups is 2. The molecule has 2 aromatic rings. The van der Waals surface area contributed by atoms with Crippen LogP contribution in [0.4, 0.5) is 0 Å². The van der Waals surface area contributed by atoms with Crippen LogP contribution in [0.5, 0.6) is 0 Å². The molecule has 3 atom stereocenters. The van der Waals surface area contributed by atoms with Crippen LogP contribution >= 0.6 is 15.9 Å². The van der Waals surface area contributed by atoms with Crippen LogP contribution in [0.25, 0.3) is 0 Å². The normalized spacial score (nSPS) is 21.7. The van der Waals surface area contributed by atoms with Crippen molar-refractivity contribution in [2.24, 2.45) is 11.3 Å². The first-order chi connectivity index (χ1) is 16.2. The van der Waals surface area contributed by atoms with Gasteiger partial charge in [0.25, 0.3) is 10.1 Å². The lowest BCUT2D eigenvalue weighted by Gasteiger charge is -2.31. The minimum Gasteiger partial charge on any atom is -0.459 e. The molecule has 0 bridgehead atoms. The third-order valence-corrected chi connectivity index (χ3v) is 8.07. The van der Waals surface area contributed by atoms with Gasteiger partial charge in [-0.2, -0.15) is 8.42 Å². The van der Waals surface area contributed by atoms with E-state index >= 15 is 0 Å². The fraction of sp³-hybridized carbons (Fsp3) is 0.462. The average molecular weight is 567 g/mol. The molecule has 0 aromatic heterocycles. The summed E-state index contributed by atoms with van der Waals surface area (Å²) in [5.74, 6) is -1.50. The van der Waals surface area contributed by atoms with Crippen molar-refractivity contribution in [1.29, 1.82) is 0 Å². The molecule has 1 saturated heterocycles. The Morgan fingerprint density at radius 1 is 1.14 bits per heavy atom. The van der Waals surface area contributed by atoms with Gasteiger partial charge in [-0.15, -0.1) is 0 Å². The zero-order valence-corrected chi connectivity index (χ0v) is 23.1. The van der Waals surface area contributed by atoms with Gasteiger partial charge in [0.1, 0.15) is 5.60 Å². The molecule has 1 aliphatic heterocycles. The molecule has 0 N–H and O–H groups in total. The lowest BCUT2D eigenvalue weighted by atomic mass is 9.78. The van der Waals surface area contributed by atoms with Gasteiger partial charge in [-0.1, -0.05) is 46.3 Å². The van der Waals surface area contributed by atoms with Crippen LogP contribution < -0.4 is 0 Å². The summed E-state index contributed by atoms with van der Waals surface area (Å²) in [5.41, 5.74) is -0.937. The second-order valence-corrected chi connectivity index (χ2v) is 12.6. The minimum atomic E-state index is -4.01. The van der Waals surface area contributed by atoms with Gasteiger partial charge in [-0.05, 0) is 70.9 Å². The summed E-state index contributed by atoms with van der Waals surface area (Å²) in [6, 6.07) is 15.4. The highest BCUT2D eigenvalue weighted by Crippen LogP contribution is 2.44. The van der Waals surface area contributed by atoms with Crippen LogP contribution in [0, 0.1) is 11.3 Å². The fourth-order valence-corrected chi connectivity index (χ4v) is 5.43. The molecule has 1 fully saturated rings. The van der Waals surface area contributed by atoms with E-state index in [0.29, 0.717) is 0 Å².